The summed E-state index contributed by atoms with van der Waals surface area (Å²) in [6.07, 6.45) is 0. The largest absolute Gasteiger partial charge is 0.288 e. The molecule has 0 unspecified atom stereocenters. The number of nitro benzene ring substituents is 2. The van der Waals surface area contributed by atoms with E-state index < -0.39 is 9.85 Å². The van der Waals surface area contributed by atoms with Gasteiger partial charge in [0.1, 0.15) is 23.3 Å². The highest BCUT2D eigenvalue weighted by atomic mass is 35.5. The molecule has 0 N–H and O–H groups in total. The van der Waals surface area contributed by atoms with Crippen molar-refractivity contribution in [3.63, 3.8) is 0 Å². The summed E-state index contributed by atoms with van der Waals surface area (Å²) in [4.78, 5) is 19.4. The molecular formula is C14H6Cl2N4O4. The van der Waals surface area contributed by atoms with E-state index in [-0.39, 0.29) is 32.5 Å². The molecule has 0 saturated carbocycles. The molecule has 0 aliphatic heterocycles. The third kappa shape index (κ3) is 4.40. The van der Waals surface area contributed by atoms with Crippen LogP contribution in [0, 0.1) is 42.9 Å². The molecule has 0 amide bonds. The van der Waals surface area contributed by atoms with Gasteiger partial charge in [0.15, 0.2) is 0 Å². The van der Waals surface area contributed by atoms with Crippen LogP contribution in [0.15, 0.2) is 36.4 Å². The van der Waals surface area contributed by atoms with Gasteiger partial charge in [0.05, 0.1) is 19.9 Å². The lowest BCUT2D eigenvalue weighted by molar-refractivity contribution is -0.385. The van der Waals surface area contributed by atoms with E-state index in [1.165, 1.54) is 36.4 Å². The lowest BCUT2D eigenvalue weighted by Gasteiger charge is -1.94. The Morgan fingerprint density at radius 2 is 1.12 bits per heavy atom. The minimum atomic E-state index is -0.634. The van der Waals surface area contributed by atoms with Crippen molar-refractivity contribution in [3.05, 3.63) is 77.8 Å². The van der Waals surface area contributed by atoms with Gasteiger partial charge in [0.2, 0.25) is 0 Å². The van der Waals surface area contributed by atoms with Gasteiger partial charge in [-0.1, -0.05) is 35.3 Å². The normalized spacial score (nSPS) is 9.00. The highest BCUT2D eigenvalue weighted by molar-refractivity contribution is 6.32. The molecule has 0 spiro atoms. The van der Waals surface area contributed by atoms with E-state index in [0.29, 0.717) is 0 Å². The van der Waals surface area contributed by atoms with Crippen LogP contribution in [-0.2, 0) is 0 Å². The van der Waals surface area contributed by atoms with E-state index >= 15 is 0 Å². The average Bonchev–Trinajstić information content (AvgIpc) is 2.54. The monoisotopic (exact) mass is 364 g/mol. The van der Waals surface area contributed by atoms with Gasteiger partial charge in [0, 0.05) is 12.1 Å². The summed E-state index contributed by atoms with van der Waals surface area (Å²) in [7, 11) is 0. The van der Waals surface area contributed by atoms with Crippen molar-refractivity contribution in [2.24, 2.45) is 0 Å². The zero-order chi connectivity index (χ0) is 18.3. The predicted molar refractivity (Wildman–Crippen MR) is 85.6 cm³/mol. The van der Waals surface area contributed by atoms with Crippen molar-refractivity contribution >= 4 is 34.6 Å². The maximum Gasteiger partial charge on any atom is 0.288 e. The quantitative estimate of drug-likeness (QED) is 0.577. The molecule has 120 valence electrons. The summed E-state index contributed by atoms with van der Waals surface area (Å²) in [5, 5.41) is 37.9. The maximum atomic E-state index is 10.3. The van der Waals surface area contributed by atoms with Gasteiger partial charge in [-0.25, -0.2) is 0 Å². The van der Waals surface area contributed by atoms with Gasteiger partial charge in [-0.05, 0) is 12.1 Å². The summed E-state index contributed by atoms with van der Waals surface area (Å²) in [6.45, 7) is 0. The predicted octanol–water partition coefficient (Wildman–Crippen LogP) is 4.24. The molecule has 0 fully saturated rings. The highest BCUT2D eigenvalue weighted by Gasteiger charge is 2.16. The van der Waals surface area contributed by atoms with Crippen LogP contribution >= 0.6 is 23.2 Å². The number of hydrogen-bond donors (Lipinski definition) is 0. The minimum Gasteiger partial charge on any atom is -0.258 e. The van der Waals surface area contributed by atoms with Gasteiger partial charge >= 0.3 is 0 Å². The number of rotatable bonds is 2. The Bertz CT molecular complexity index is 814. The van der Waals surface area contributed by atoms with Crippen molar-refractivity contribution in [3.8, 4) is 12.1 Å². The van der Waals surface area contributed by atoms with Gasteiger partial charge < -0.3 is 0 Å². The Kier molecular flexibility index (Phi) is 6.63. The van der Waals surface area contributed by atoms with E-state index in [4.69, 9.17) is 33.7 Å². The smallest absolute Gasteiger partial charge is 0.258 e. The van der Waals surface area contributed by atoms with Crippen LogP contribution in [0.3, 0.4) is 0 Å². The molecule has 2 aromatic carbocycles. The van der Waals surface area contributed by atoms with Crippen molar-refractivity contribution < 1.29 is 9.85 Å². The SMILES string of the molecule is N#Cc1c(Cl)cccc1[N+](=O)[O-].N#Cc1c(Cl)cccc1[N+](=O)[O-]. The molecule has 0 aromatic heterocycles. The van der Waals surface area contributed by atoms with E-state index in [0.717, 1.165) is 0 Å². The number of nitro groups is 2. The first kappa shape index (κ1) is 18.8. The average molecular weight is 365 g/mol. The number of benzene rings is 2. The standard InChI is InChI=1S/2C7H3ClN2O2/c2*8-6-2-1-3-7(10(11)12)5(6)4-9/h2*1-3H. The number of nitriles is 2. The Morgan fingerprint density at radius 3 is 1.33 bits per heavy atom. The van der Waals surface area contributed by atoms with Crippen LogP contribution in [0.1, 0.15) is 11.1 Å². The summed E-state index contributed by atoms with van der Waals surface area (Å²) in [5.74, 6) is 0. The van der Waals surface area contributed by atoms with Crippen LogP contribution in [0.4, 0.5) is 11.4 Å². The molecule has 0 atom stereocenters. The molecule has 0 radical (unpaired) electrons. The second-order valence-electron chi connectivity index (χ2n) is 4.01. The zero-order valence-electron chi connectivity index (χ0n) is 11.6. The number of nitrogens with zero attached hydrogens (tertiary/aromatic N) is 4. The number of halogens is 2. The summed E-state index contributed by atoms with van der Waals surface area (Å²) in [5.41, 5.74) is -0.705. The fraction of sp³-hybridized carbons (Fsp3) is 0. The van der Waals surface area contributed by atoms with Crippen molar-refractivity contribution in [2.45, 2.75) is 0 Å². The Labute approximate surface area is 145 Å². The molecule has 0 aliphatic carbocycles. The lowest BCUT2D eigenvalue weighted by Crippen LogP contribution is -1.91. The fourth-order valence-electron chi connectivity index (χ4n) is 1.55. The molecule has 8 nitrogen and oxygen atoms in total. The van der Waals surface area contributed by atoms with Crippen LogP contribution < -0.4 is 0 Å². The van der Waals surface area contributed by atoms with Crippen LogP contribution in [0.5, 0.6) is 0 Å². The van der Waals surface area contributed by atoms with Gasteiger partial charge in [-0.15, -0.1) is 0 Å². The van der Waals surface area contributed by atoms with Crippen molar-refractivity contribution in [1.82, 2.24) is 0 Å². The zero-order valence-corrected chi connectivity index (χ0v) is 13.2. The third-order valence-corrected chi connectivity index (χ3v) is 3.23. The van der Waals surface area contributed by atoms with Crippen molar-refractivity contribution in [2.75, 3.05) is 0 Å². The van der Waals surface area contributed by atoms with E-state index in [9.17, 15) is 20.2 Å². The third-order valence-electron chi connectivity index (χ3n) is 2.60. The number of hydrogen-bond acceptors (Lipinski definition) is 6. The molecule has 0 aliphatic rings. The van der Waals surface area contributed by atoms with E-state index in [1.807, 2.05) is 0 Å². The molecule has 2 aromatic rings. The molecule has 2 rings (SSSR count). The summed E-state index contributed by atoms with van der Waals surface area (Å²) in [6, 6.07) is 11.6. The fourth-order valence-corrected chi connectivity index (χ4v) is 1.97. The maximum absolute atomic E-state index is 10.3. The molecule has 0 saturated heterocycles. The van der Waals surface area contributed by atoms with Crippen molar-refractivity contribution in [1.29, 1.82) is 10.5 Å². The molecule has 0 bridgehead atoms. The molecule has 0 heterocycles. The second kappa shape index (κ2) is 8.44. The van der Waals surface area contributed by atoms with Crippen LogP contribution in [0.2, 0.25) is 10.0 Å². The Hall–Kier alpha value is -3.20. The first-order valence-electron chi connectivity index (χ1n) is 5.99. The lowest BCUT2D eigenvalue weighted by atomic mass is 10.2. The van der Waals surface area contributed by atoms with E-state index in [2.05, 4.69) is 0 Å². The van der Waals surface area contributed by atoms with Crippen LogP contribution in [0.25, 0.3) is 0 Å². The van der Waals surface area contributed by atoms with E-state index in [1.54, 1.807) is 12.1 Å². The topological polar surface area (TPSA) is 134 Å². The molecular weight excluding hydrogens is 359 g/mol. The second-order valence-corrected chi connectivity index (χ2v) is 4.82. The summed E-state index contributed by atoms with van der Waals surface area (Å²) < 4.78 is 0. The summed E-state index contributed by atoms with van der Waals surface area (Å²) >= 11 is 11.1. The first-order valence-corrected chi connectivity index (χ1v) is 6.75. The Morgan fingerprint density at radius 1 is 0.792 bits per heavy atom. The highest BCUT2D eigenvalue weighted by Crippen LogP contribution is 2.25. The molecule has 10 heteroatoms. The Balaban J connectivity index is 0.000000240. The first-order chi connectivity index (χ1) is 11.3. The van der Waals surface area contributed by atoms with Gasteiger partial charge in [0.25, 0.3) is 11.4 Å². The minimum absolute atomic E-state index is 0.0934. The van der Waals surface area contributed by atoms with Crippen LogP contribution in [-0.4, -0.2) is 9.85 Å². The van der Waals surface area contributed by atoms with Gasteiger partial charge in [-0.3, -0.25) is 20.2 Å². The molecule has 24 heavy (non-hydrogen) atoms. The van der Waals surface area contributed by atoms with Gasteiger partial charge in [-0.2, -0.15) is 10.5 Å².